The maximum Gasteiger partial charge on any atom is 0.259 e. The minimum atomic E-state index is -0.203. The Kier molecular flexibility index (Phi) is 4.68. The number of nitrogens with one attached hydrogen (secondary N) is 2. The van der Waals surface area contributed by atoms with Gasteiger partial charge >= 0.3 is 0 Å². The average Bonchev–Trinajstić information content (AvgIpc) is 2.49. The SMILES string of the molecule is CNc1ccncc1C(=O)Nc1ccccc1COC. The van der Waals surface area contributed by atoms with Crippen LogP contribution in [-0.4, -0.2) is 25.0 Å². The molecule has 0 atom stereocenters. The fourth-order valence-electron chi connectivity index (χ4n) is 1.91. The maximum atomic E-state index is 12.3. The van der Waals surface area contributed by atoms with E-state index in [4.69, 9.17) is 4.74 Å². The highest BCUT2D eigenvalue weighted by atomic mass is 16.5. The van der Waals surface area contributed by atoms with Crippen LogP contribution in [0.2, 0.25) is 0 Å². The highest BCUT2D eigenvalue weighted by Gasteiger charge is 2.12. The number of pyridine rings is 1. The first-order valence-electron chi connectivity index (χ1n) is 6.26. The van der Waals surface area contributed by atoms with Gasteiger partial charge in [-0.1, -0.05) is 18.2 Å². The first kappa shape index (κ1) is 14.0. The summed E-state index contributed by atoms with van der Waals surface area (Å²) in [6.45, 7) is 0.447. The van der Waals surface area contributed by atoms with Crippen molar-refractivity contribution < 1.29 is 9.53 Å². The van der Waals surface area contributed by atoms with Gasteiger partial charge in [-0.15, -0.1) is 0 Å². The third-order valence-corrected chi connectivity index (χ3v) is 2.90. The molecule has 5 nitrogen and oxygen atoms in total. The minimum Gasteiger partial charge on any atom is -0.387 e. The molecule has 1 amide bonds. The molecule has 0 aliphatic heterocycles. The number of methoxy groups -OCH3 is 1. The van der Waals surface area contributed by atoms with Gasteiger partial charge in [-0.25, -0.2) is 0 Å². The highest BCUT2D eigenvalue weighted by molar-refractivity contribution is 6.08. The lowest BCUT2D eigenvalue weighted by Gasteiger charge is -2.12. The number of anilines is 2. The van der Waals surface area contributed by atoms with Gasteiger partial charge in [0.25, 0.3) is 5.91 Å². The lowest BCUT2D eigenvalue weighted by molar-refractivity contribution is 0.102. The summed E-state index contributed by atoms with van der Waals surface area (Å²) in [5.74, 6) is -0.203. The van der Waals surface area contributed by atoms with Gasteiger partial charge in [0.2, 0.25) is 0 Å². The predicted octanol–water partition coefficient (Wildman–Crippen LogP) is 2.52. The van der Waals surface area contributed by atoms with E-state index in [1.165, 1.54) is 0 Å². The molecule has 104 valence electrons. The summed E-state index contributed by atoms with van der Waals surface area (Å²) in [5, 5.41) is 5.86. The second-order valence-corrected chi connectivity index (χ2v) is 4.22. The van der Waals surface area contributed by atoms with E-state index in [2.05, 4.69) is 15.6 Å². The third-order valence-electron chi connectivity index (χ3n) is 2.90. The molecule has 2 rings (SSSR count). The molecule has 1 heterocycles. The first-order chi connectivity index (χ1) is 9.76. The van der Waals surface area contributed by atoms with Crippen molar-refractivity contribution in [3.8, 4) is 0 Å². The summed E-state index contributed by atoms with van der Waals surface area (Å²) in [7, 11) is 3.39. The van der Waals surface area contributed by atoms with Gasteiger partial charge in [0.05, 0.1) is 12.2 Å². The van der Waals surface area contributed by atoms with E-state index < -0.39 is 0 Å². The molecule has 0 spiro atoms. The Morgan fingerprint density at radius 3 is 2.80 bits per heavy atom. The number of carbonyl (C=O) groups is 1. The van der Waals surface area contributed by atoms with E-state index in [9.17, 15) is 4.79 Å². The van der Waals surface area contributed by atoms with Crippen molar-refractivity contribution in [3.63, 3.8) is 0 Å². The number of aromatic nitrogens is 1. The quantitative estimate of drug-likeness (QED) is 0.877. The van der Waals surface area contributed by atoms with Gasteiger partial charge in [-0.2, -0.15) is 0 Å². The van der Waals surface area contributed by atoms with Crippen molar-refractivity contribution in [2.24, 2.45) is 0 Å². The summed E-state index contributed by atoms with van der Waals surface area (Å²) < 4.78 is 5.12. The average molecular weight is 271 g/mol. The molecular formula is C15H17N3O2. The van der Waals surface area contributed by atoms with Crippen molar-refractivity contribution in [1.82, 2.24) is 4.98 Å². The van der Waals surface area contributed by atoms with Crippen LogP contribution in [0.25, 0.3) is 0 Å². The van der Waals surface area contributed by atoms with Gasteiger partial charge < -0.3 is 15.4 Å². The minimum absolute atomic E-state index is 0.203. The van der Waals surface area contributed by atoms with Crippen LogP contribution >= 0.6 is 0 Å². The molecule has 0 radical (unpaired) electrons. The van der Waals surface area contributed by atoms with E-state index in [1.54, 1.807) is 32.6 Å². The Hall–Kier alpha value is -2.40. The zero-order valence-corrected chi connectivity index (χ0v) is 11.5. The second-order valence-electron chi connectivity index (χ2n) is 4.22. The number of para-hydroxylation sites is 1. The summed E-state index contributed by atoms with van der Waals surface area (Å²) in [6.07, 6.45) is 3.18. The van der Waals surface area contributed by atoms with Crippen LogP contribution in [0.1, 0.15) is 15.9 Å². The van der Waals surface area contributed by atoms with Gasteiger partial charge in [-0.3, -0.25) is 9.78 Å². The van der Waals surface area contributed by atoms with Crippen LogP contribution in [0.15, 0.2) is 42.7 Å². The maximum absolute atomic E-state index is 12.3. The molecule has 20 heavy (non-hydrogen) atoms. The van der Waals surface area contributed by atoms with Crippen LogP contribution in [0.5, 0.6) is 0 Å². The number of benzene rings is 1. The second kappa shape index (κ2) is 6.68. The first-order valence-corrected chi connectivity index (χ1v) is 6.26. The van der Waals surface area contributed by atoms with E-state index >= 15 is 0 Å². The normalized spacial score (nSPS) is 10.1. The van der Waals surface area contributed by atoms with E-state index in [0.29, 0.717) is 12.2 Å². The number of hydrogen-bond donors (Lipinski definition) is 2. The van der Waals surface area contributed by atoms with Crippen LogP contribution < -0.4 is 10.6 Å². The predicted molar refractivity (Wildman–Crippen MR) is 78.9 cm³/mol. The van der Waals surface area contributed by atoms with E-state index in [1.807, 2.05) is 24.3 Å². The molecule has 0 saturated heterocycles. The van der Waals surface area contributed by atoms with Crippen molar-refractivity contribution in [3.05, 3.63) is 53.9 Å². The number of carbonyl (C=O) groups excluding carboxylic acids is 1. The number of amides is 1. The molecule has 0 saturated carbocycles. The summed E-state index contributed by atoms with van der Waals surface area (Å²) in [5.41, 5.74) is 2.91. The lowest BCUT2D eigenvalue weighted by Crippen LogP contribution is -2.15. The van der Waals surface area contributed by atoms with Gasteiger partial charge in [-0.05, 0) is 12.1 Å². The molecule has 5 heteroatoms. The molecule has 1 aromatic carbocycles. The van der Waals surface area contributed by atoms with Crippen molar-refractivity contribution in [1.29, 1.82) is 0 Å². The highest BCUT2D eigenvalue weighted by Crippen LogP contribution is 2.19. The smallest absolute Gasteiger partial charge is 0.259 e. The molecule has 2 aromatic rings. The van der Waals surface area contributed by atoms with Crippen LogP contribution in [0, 0.1) is 0 Å². The molecule has 0 aliphatic carbocycles. The topological polar surface area (TPSA) is 63.2 Å². The van der Waals surface area contributed by atoms with E-state index in [-0.39, 0.29) is 5.91 Å². The Morgan fingerprint density at radius 1 is 1.25 bits per heavy atom. The Bertz CT molecular complexity index is 599. The number of hydrogen-bond acceptors (Lipinski definition) is 4. The standard InChI is InChI=1S/C15H17N3O2/c1-16-14-7-8-17-9-12(14)15(19)18-13-6-4-3-5-11(13)10-20-2/h3-9H,10H2,1-2H3,(H,16,17)(H,18,19). The largest absolute Gasteiger partial charge is 0.387 e. The molecule has 0 fully saturated rings. The van der Waals surface area contributed by atoms with Crippen molar-refractivity contribution in [2.75, 3.05) is 24.8 Å². The van der Waals surface area contributed by atoms with Crippen LogP contribution in [0.3, 0.4) is 0 Å². The molecular weight excluding hydrogens is 254 g/mol. The molecule has 0 bridgehead atoms. The zero-order valence-electron chi connectivity index (χ0n) is 11.5. The molecule has 2 N–H and O–H groups in total. The summed E-state index contributed by atoms with van der Waals surface area (Å²) in [6, 6.07) is 9.31. The molecule has 0 unspecified atom stereocenters. The number of nitrogens with zero attached hydrogens (tertiary/aromatic N) is 1. The van der Waals surface area contributed by atoms with Crippen LogP contribution in [0.4, 0.5) is 11.4 Å². The Labute approximate surface area is 118 Å². The summed E-state index contributed by atoms with van der Waals surface area (Å²) in [4.78, 5) is 16.3. The Morgan fingerprint density at radius 2 is 2.05 bits per heavy atom. The van der Waals surface area contributed by atoms with Gasteiger partial charge in [0.15, 0.2) is 0 Å². The van der Waals surface area contributed by atoms with E-state index in [0.717, 1.165) is 16.9 Å². The monoisotopic (exact) mass is 271 g/mol. The third kappa shape index (κ3) is 3.13. The van der Waals surface area contributed by atoms with Gasteiger partial charge in [0, 0.05) is 43.5 Å². The van der Waals surface area contributed by atoms with Crippen molar-refractivity contribution in [2.45, 2.75) is 6.61 Å². The van der Waals surface area contributed by atoms with Crippen molar-refractivity contribution >= 4 is 17.3 Å². The zero-order chi connectivity index (χ0) is 14.4. The number of rotatable bonds is 5. The Balaban J connectivity index is 2.24. The molecule has 1 aromatic heterocycles. The molecule has 0 aliphatic rings. The number of ether oxygens (including phenoxy) is 1. The fraction of sp³-hybridized carbons (Fsp3) is 0.200. The van der Waals surface area contributed by atoms with Crippen LogP contribution in [-0.2, 0) is 11.3 Å². The fourth-order valence-corrected chi connectivity index (χ4v) is 1.91. The lowest BCUT2D eigenvalue weighted by atomic mass is 10.1. The van der Waals surface area contributed by atoms with Gasteiger partial charge in [0.1, 0.15) is 0 Å². The summed E-state index contributed by atoms with van der Waals surface area (Å²) >= 11 is 0.